The standard InChI is InChI=1S/C12H11N3O/c13-9-6-7-15-11(10(9)12(14)16)8-4-2-1-3-5-8/h1-7H,(H2,13,15)(H2,14,16). The van der Waals surface area contributed by atoms with Crippen LogP contribution in [-0.2, 0) is 0 Å². The van der Waals surface area contributed by atoms with Crippen molar-refractivity contribution in [1.29, 1.82) is 0 Å². The van der Waals surface area contributed by atoms with Gasteiger partial charge in [-0.15, -0.1) is 0 Å². The van der Waals surface area contributed by atoms with Crippen LogP contribution < -0.4 is 11.5 Å². The molecule has 2 aromatic rings. The fourth-order valence-corrected chi connectivity index (χ4v) is 1.55. The molecule has 0 atom stereocenters. The van der Waals surface area contributed by atoms with Gasteiger partial charge in [0.2, 0.25) is 0 Å². The molecule has 0 aliphatic heterocycles. The second kappa shape index (κ2) is 4.02. The lowest BCUT2D eigenvalue weighted by molar-refractivity contribution is 0.100. The smallest absolute Gasteiger partial charge is 0.253 e. The summed E-state index contributed by atoms with van der Waals surface area (Å²) in [6.07, 6.45) is 1.56. The molecule has 0 saturated heterocycles. The fraction of sp³-hybridized carbons (Fsp3) is 0. The zero-order valence-corrected chi connectivity index (χ0v) is 8.55. The Kier molecular flexibility index (Phi) is 2.55. The summed E-state index contributed by atoms with van der Waals surface area (Å²) in [5, 5.41) is 0. The molecule has 1 aromatic carbocycles. The minimum Gasteiger partial charge on any atom is -0.398 e. The van der Waals surface area contributed by atoms with Gasteiger partial charge in [-0.2, -0.15) is 0 Å². The summed E-state index contributed by atoms with van der Waals surface area (Å²) in [7, 11) is 0. The normalized spacial score (nSPS) is 10.0. The number of carbonyl (C=O) groups excluding carboxylic acids is 1. The molecule has 0 aliphatic carbocycles. The van der Waals surface area contributed by atoms with Crippen molar-refractivity contribution >= 4 is 11.6 Å². The number of carbonyl (C=O) groups is 1. The number of benzene rings is 1. The van der Waals surface area contributed by atoms with Crippen LogP contribution in [0, 0.1) is 0 Å². The van der Waals surface area contributed by atoms with E-state index in [9.17, 15) is 4.79 Å². The summed E-state index contributed by atoms with van der Waals surface area (Å²) < 4.78 is 0. The molecule has 0 bridgehead atoms. The van der Waals surface area contributed by atoms with Crippen LogP contribution >= 0.6 is 0 Å². The molecule has 16 heavy (non-hydrogen) atoms. The van der Waals surface area contributed by atoms with Crippen molar-refractivity contribution in [2.75, 3.05) is 5.73 Å². The van der Waals surface area contributed by atoms with Crippen LogP contribution in [0.1, 0.15) is 10.4 Å². The predicted octanol–water partition coefficient (Wildman–Crippen LogP) is 1.43. The van der Waals surface area contributed by atoms with E-state index in [0.29, 0.717) is 11.4 Å². The van der Waals surface area contributed by atoms with Gasteiger partial charge in [0.05, 0.1) is 11.3 Å². The topological polar surface area (TPSA) is 82.0 Å². The van der Waals surface area contributed by atoms with E-state index in [0.717, 1.165) is 5.56 Å². The third kappa shape index (κ3) is 1.72. The molecule has 0 radical (unpaired) electrons. The number of amides is 1. The zero-order chi connectivity index (χ0) is 11.5. The highest BCUT2D eigenvalue weighted by molar-refractivity contribution is 6.03. The summed E-state index contributed by atoms with van der Waals surface area (Å²) in [5.74, 6) is -0.565. The van der Waals surface area contributed by atoms with Crippen molar-refractivity contribution in [2.24, 2.45) is 5.73 Å². The van der Waals surface area contributed by atoms with E-state index in [1.165, 1.54) is 0 Å². The van der Waals surface area contributed by atoms with Gasteiger partial charge in [0.25, 0.3) is 5.91 Å². The van der Waals surface area contributed by atoms with Gasteiger partial charge in [0.15, 0.2) is 0 Å². The van der Waals surface area contributed by atoms with Crippen LogP contribution in [0.15, 0.2) is 42.6 Å². The second-order valence-electron chi connectivity index (χ2n) is 3.35. The van der Waals surface area contributed by atoms with Crippen LogP contribution in [0.25, 0.3) is 11.3 Å². The molecule has 0 spiro atoms. The molecule has 4 N–H and O–H groups in total. The first-order valence-electron chi connectivity index (χ1n) is 4.80. The van der Waals surface area contributed by atoms with E-state index in [2.05, 4.69) is 4.98 Å². The SMILES string of the molecule is NC(=O)c1c(N)ccnc1-c1ccccc1. The van der Waals surface area contributed by atoms with Gasteiger partial charge in [-0.25, -0.2) is 0 Å². The highest BCUT2D eigenvalue weighted by Crippen LogP contribution is 2.24. The van der Waals surface area contributed by atoms with Gasteiger partial charge in [0.1, 0.15) is 0 Å². The van der Waals surface area contributed by atoms with Crippen molar-refractivity contribution in [3.63, 3.8) is 0 Å². The largest absolute Gasteiger partial charge is 0.398 e. The first-order valence-corrected chi connectivity index (χ1v) is 4.80. The van der Waals surface area contributed by atoms with Gasteiger partial charge in [-0.1, -0.05) is 30.3 Å². The average molecular weight is 213 g/mol. The Balaban J connectivity index is 2.66. The van der Waals surface area contributed by atoms with Crippen LogP contribution in [0.3, 0.4) is 0 Å². The molecule has 1 aromatic heterocycles. The number of nitrogen functional groups attached to an aromatic ring is 1. The summed E-state index contributed by atoms with van der Waals surface area (Å²) in [6, 6.07) is 10.9. The van der Waals surface area contributed by atoms with Gasteiger partial charge >= 0.3 is 0 Å². The number of hydrogen-bond donors (Lipinski definition) is 2. The highest BCUT2D eigenvalue weighted by atomic mass is 16.1. The Morgan fingerprint density at radius 1 is 1.12 bits per heavy atom. The van der Waals surface area contributed by atoms with Crippen molar-refractivity contribution in [3.05, 3.63) is 48.2 Å². The Morgan fingerprint density at radius 2 is 1.81 bits per heavy atom. The lowest BCUT2D eigenvalue weighted by atomic mass is 10.0. The molecular weight excluding hydrogens is 202 g/mol. The number of nitrogens with zero attached hydrogens (tertiary/aromatic N) is 1. The summed E-state index contributed by atoms with van der Waals surface area (Å²) in [4.78, 5) is 15.5. The van der Waals surface area contributed by atoms with Crippen LogP contribution in [0.2, 0.25) is 0 Å². The monoisotopic (exact) mass is 213 g/mol. The van der Waals surface area contributed by atoms with E-state index in [4.69, 9.17) is 11.5 Å². The minimum atomic E-state index is -0.565. The molecule has 4 heteroatoms. The summed E-state index contributed by atoms with van der Waals surface area (Å²) in [6.45, 7) is 0. The van der Waals surface area contributed by atoms with Crippen molar-refractivity contribution in [2.45, 2.75) is 0 Å². The number of hydrogen-bond acceptors (Lipinski definition) is 3. The summed E-state index contributed by atoms with van der Waals surface area (Å²) >= 11 is 0. The van der Waals surface area contributed by atoms with Crippen LogP contribution in [0.4, 0.5) is 5.69 Å². The zero-order valence-electron chi connectivity index (χ0n) is 8.55. The van der Waals surface area contributed by atoms with E-state index in [-0.39, 0.29) is 5.56 Å². The van der Waals surface area contributed by atoms with Crippen molar-refractivity contribution in [3.8, 4) is 11.3 Å². The van der Waals surface area contributed by atoms with Crippen molar-refractivity contribution in [1.82, 2.24) is 4.98 Å². The fourth-order valence-electron chi connectivity index (χ4n) is 1.55. The van der Waals surface area contributed by atoms with Crippen LogP contribution in [-0.4, -0.2) is 10.9 Å². The molecule has 2 rings (SSSR count). The molecule has 0 unspecified atom stereocenters. The molecule has 1 heterocycles. The second-order valence-corrected chi connectivity index (χ2v) is 3.35. The van der Waals surface area contributed by atoms with Crippen LogP contribution in [0.5, 0.6) is 0 Å². The Labute approximate surface area is 92.9 Å². The third-order valence-corrected chi connectivity index (χ3v) is 2.28. The van der Waals surface area contributed by atoms with Gasteiger partial charge in [-0.3, -0.25) is 9.78 Å². The Morgan fingerprint density at radius 3 is 2.44 bits per heavy atom. The lowest BCUT2D eigenvalue weighted by Crippen LogP contribution is -2.15. The maximum Gasteiger partial charge on any atom is 0.253 e. The molecule has 0 saturated carbocycles. The minimum absolute atomic E-state index is 0.272. The summed E-state index contributed by atoms with van der Waals surface area (Å²) in [5.41, 5.74) is 13.0. The quantitative estimate of drug-likeness (QED) is 0.791. The maximum atomic E-state index is 11.3. The van der Waals surface area contributed by atoms with E-state index >= 15 is 0 Å². The molecule has 80 valence electrons. The number of primary amides is 1. The van der Waals surface area contributed by atoms with E-state index in [1.54, 1.807) is 12.3 Å². The van der Waals surface area contributed by atoms with Crippen molar-refractivity contribution < 1.29 is 4.79 Å². The van der Waals surface area contributed by atoms with Gasteiger partial charge in [-0.05, 0) is 6.07 Å². The number of pyridine rings is 1. The predicted molar refractivity (Wildman–Crippen MR) is 62.6 cm³/mol. The highest BCUT2D eigenvalue weighted by Gasteiger charge is 2.14. The first-order chi connectivity index (χ1) is 7.70. The van der Waals surface area contributed by atoms with E-state index < -0.39 is 5.91 Å². The number of rotatable bonds is 2. The lowest BCUT2D eigenvalue weighted by Gasteiger charge is -2.07. The number of anilines is 1. The Hall–Kier alpha value is -2.36. The molecule has 0 fully saturated rings. The Bertz CT molecular complexity index is 523. The first kappa shape index (κ1) is 10.2. The number of nitrogens with two attached hydrogens (primary N) is 2. The molecule has 4 nitrogen and oxygen atoms in total. The molecular formula is C12H11N3O. The molecule has 0 aliphatic rings. The maximum absolute atomic E-state index is 11.3. The molecule has 1 amide bonds. The van der Waals surface area contributed by atoms with Gasteiger partial charge in [0, 0.05) is 17.4 Å². The average Bonchev–Trinajstić information content (AvgIpc) is 2.29. The number of aromatic nitrogens is 1. The van der Waals surface area contributed by atoms with Gasteiger partial charge < -0.3 is 11.5 Å². The van der Waals surface area contributed by atoms with E-state index in [1.807, 2.05) is 30.3 Å². The third-order valence-electron chi connectivity index (χ3n) is 2.28.